The van der Waals surface area contributed by atoms with E-state index in [4.69, 9.17) is 0 Å². The number of carbonyl (C=O) groups is 3. The number of pyridine rings is 1. The molecule has 1 fully saturated rings. The molecule has 3 rings (SSSR count). The van der Waals surface area contributed by atoms with Gasteiger partial charge in [-0.15, -0.1) is 0 Å². The summed E-state index contributed by atoms with van der Waals surface area (Å²) in [5.74, 6) is -1.81. The van der Waals surface area contributed by atoms with E-state index in [1.54, 1.807) is 6.07 Å². The number of hydrogen-bond acceptors (Lipinski definition) is 4. The molecule has 18 heavy (non-hydrogen) atoms. The SMILES string of the molecule is O=C1NC(=O)N(c2cnc3ccccc3c2)C1=O. The third kappa shape index (κ3) is 1.43. The van der Waals surface area contributed by atoms with Crippen LogP contribution in [0, 0.1) is 0 Å². The number of para-hydroxylation sites is 1. The first-order chi connectivity index (χ1) is 8.66. The molecular formula is C12H7N3O3. The lowest BCUT2D eigenvalue weighted by Crippen LogP contribution is -2.30. The molecule has 6 nitrogen and oxygen atoms in total. The Morgan fingerprint density at radius 3 is 2.61 bits per heavy atom. The Labute approximate surface area is 101 Å². The van der Waals surface area contributed by atoms with Gasteiger partial charge in [0.15, 0.2) is 0 Å². The molecule has 2 heterocycles. The van der Waals surface area contributed by atoms with Crippen molar-refractivity contribution >= 4 is 34.4 Å². The smallest absolute Gasteiger partial charge is 0.269 e. The Balaban J connectivity index is 2.12. The second-order valence-corrected chi connectivity index (χ2v) is 3.79. The molecule has 0 bridgehead atoms. The average molecular weight is 241 g/mol. The van der Waals surface area contributed by atoms with Crippen molar-refractivity contribution in [3.63, 3.8) is 0 Å². The van der Waals surface area contributed by atoms with E-state index in [1.807, 2.05) is 29.6 Å². The van der Waals surface area contributed by atoms with Gasteiger partial charge in [0.2, 0.25) is 0 Å². The van der Waals surface area contributed by atoms with Crippen LogP contribution in [0.4, 0.5) is 10.5 Å². The number of anilines is 1. The number of benzene rings is 1. The average Bonchev–Trinajstić information content (AvgIpc) is 2.63. The molecule has 88 valence electrons. The summed E-state index contributed by atoms with van der Waals surface area (Å²) in [4.78, 5) is 39.0. The van der Waals surface area contributed by atoms with Gasteiger partial charge in [0.1, 0.15) is 0 Å². The van der Waals surface area contributed by atoms with Crippen LogP contribution < -0.4 is 10.2 Å². The molecule has 0 spiro atoms. The van der Waals surface area contributed by atoms with Gasteiger partial charge in [-0.3, -0.25) is 19.9 Å². The number of urea groups is 1. The van der Waals surface area contributed by atoms with Crippen LogP contribution in [0.2, 0.25) is 0 Å². The summed E-state index contributed by atoms with van der Waals surface area (Å²) in [6, 6.07) is 8.18. The number of carbonyl (C=O) groups excluding carboxylic acids is 3. The van der Waals surface area contributed by atoms with Crippen LogP contribution in [0.3, 0.4) is 0 Å². The quantitative estimate of drug-likeness (QED) is 0.592. The number of amides is 4. The van der Waals surface area contributed by atoms with Gasteiger partial charge in [-0.05, 0) is 12.1 Å². The van der Waals surface area contributed by atoms with Gasteiger partial charge in [-0.2, -0.15) is 0 Å². The molecule has 1 aromatic heterocycles. The van der Waals surface area contributed by atoms with Crippen LogP contribution in [-0.2, 0) is 9.59 Å². The Hall–Kier alpha value is -2.76. The van der Waals surface area contributed by atoms with E-state index < -0.39 is 17.8 Å². The fraction of sp³-hybridized carbons (Fsp3) is 0. The lowest BCUT2D eigenvalue weighted by Gasteiger charge is -2.11. The highest BCUT2D eigenvalue weighted by molar-refractivity contribution is 6.53. The molecule has 0 unspecified atom stereocenters. The van der Waals surface area contributed by atoms with E-state index >= 15 is 0 Å². The number of aromatic nitrogens is 1. The predicted octanol–water partition coefficient (Wildman–Crippen LogP) is 0.818. The van der Waals surface area contributed by atoms with Gasteiger partial charge in [0.25, 0.3) is 0 Å². The van der Waals surface area contributed by atoms with E-state index in [9.17, 15) is 14.4 Å². The summed E-state index contributed by atoms with van der Waals surface area (Å²) in [6.45, 7) is 0. The molecule has 0 atom stereocenters. The van der Waals surface area contributed by atoms with Crippen molar-refractivity contribution in [2.45, 2.75) is 0 Å². The van der Waals surface area contributed by atoms with Crippen LogP contribution >= 0.6 is 0 Å². The maximum atomic E-state index is 11.5. The fourth-order valence-electron chi connectivity index (χ4n) is 1.82. The Bertz CT molecular complexity index is 696. The van der Waals surface area contributed by atoms with Gasteiger partial charge >= 0.3 is 17.8 Å². The summed E-state index contributed by atoms with van der Waals surface area (Å²) >= 11 is 0. The number of fused-ring (bicyclic) bond motifs is 1. The number of nitrogens with zero attached hydrogens (tertiary/aromatic N) is 2. The van der Waals surface area contributed by atoms with Gasteiger partial charge in [0, 0.05) is 5.39 Å². The highest BCUT2D eigenvalue weighted by Gasteiger charge is 2.38. The summed E-state index contributed by atoms with van der Waals surface area (Å²) < 4.78 is 0. The lowest BCUT2D eigenvalue weighted by molar-refractivity contribution is -0.134. The minimum Gasteiger partial charge on any atom is -0.269 e. The lowest BCUT2D eigenvalue weighted by atomic mass is 10.2. The first kappa shape index (κ1) is 10.4. The van der Waals surface area contributed by atoms with Crippen LogP contribution in [0.1, 0.15) is 0 Å². The highest BCUT2D eigenvalue weighted by atomic mass is 16.2. The molecule has 1 aromatic carbocycles. The van der Waals surface area contributed by atoms with Crippen molar-refractivity contribution in [2.75, 3.05) is 4.90 Å². The number of nitrogens with one attached hydrogen (secondary N) is 1. The van der Waals surface area contributed by atoms with Crippen molar-refractivity contribution in [2.24, 2.45) is 0 Å². The minimum absolute atomic E-state index is 0.280. The number of hydrogen-bond donors (Lipinski definition) is 1. The van der Waals surface area contributed by atoms with E-state index in [1.165, 1.54) is 6.20 Å². The molecule has 2 aromatic rings. The second kappa shape index (κ2) is 3.63. The number of rotatable bonds is 1. The van der Waals surface area contributed by atoms with Crippen molar-refractivity contribution in [1.82, 2.24) is 10.3 Å². The topological polar surface area (TPSA) is 79.4 Å². The zero-order valence-electron chi connectivity index (χ0n) is 9.08. The summed E-state index contributed by atoms with van der Waals surface area (Å²) in [7, 11) is 0. The molecule has 1 saturated heterocycles. The Morgan fingerprint density at radius 1 is 1.11 bits per heavy atom. The molecule has 1 N–H and O–H groups in total. The van der Waals surface area contributed by atoms with Crippen LogP contribution in [0.25, 0.3) is 10.9 Å². The third-order valence-corrected chi connectivity index (χ3v) is 2.66. The van der Waals surface area contributed by atoms with E-state index in [-0.39, 0.29) is 5.69 Å². The number of imide groups is 2. The zero-order valence-corrected chi connectivity index (χ0v) is 9.08. The predicted molar refractivity (Wildman–Crippen MR) is 62.8 cm³/mol. The van der Waals surface area contributed by atoms with Gasteiger partial charge < -0.3 is 0 Å². The first-order valence-corrected chi connectivity index (χ1v) is 5.21. The van der Waals surface area contributed by atoms with Gasteiger partial charge in [0.05, 0.1) is 17.4 Å². The van der Waals surface area contributed by atoms with Gasteiger partial charge in [-0.1, -0.05) is 18.2 Å². The maximum Gasteiger partial charge on any atom is 0.336 e. The van der Waals surface area contributed by atoms with Crippen LogP contribution in [0.15, 0.2) is 36.5 Å². The summed E-state index contributed by atoms with van der Waals surface area (Å²) in [5.41, 5.74) is 1.03. The molecule has 4 amide bonds. The summed E-state index contributed by atoms with van der Waals surface area (Å²) in [5, 5.41) is 2.72. The van der Waals surface area contributed by atoms with Crippen LogP contribution in [0.5, 0.6) is 0 Å². The minimum atomic E-state index is -0.923. The standard InChI is InChI=1S/C12H7N3O3/c16-10-11(17)15(12(18)14-10)8-5-7-3-1-2-4-9(7)13-6-8/h1-6H,(H,14,16,18). The summed E-state index contributed by atoms with van der Waals surface area (Å²) in [6.07, 6.45) is 1.39. The van der Waals surface area contributed by atoms with Crippen molar-refractivity contribution < 1.29 is 14.4 Å². The van der Waals surface area contributed by atoms with E-state index in [0.717, 1.165) is 15.8 Å². The monoisotopic (exact) mass is 241 g/mol. The third-order valence-electron chi connectivity index (χ3n) is 2.66. The molecule has 6 heteroatoms. The van der Waals surface area contributed by atoms with Crippen molar-refractivity contribution in [3.05, 3.63) is 36.5 Å². The fourth-order valence-corrected chi connectivity index (χ4v) is 1.82. The van der Waals surface area contributed by atoms with E-state index in [2.05, 4.69) is 4.98 Å². The maximum absolute atomic E-state index is 11.5. The van der Waals surface area contributed by atoms with Gasteiger partial charge in [-0.25, -0.2) is 9.69 Å². The molecule has 1 aliphatic heterocycles. The normalized spacial score (nSPS) is 15.3. The second-order valence-electron chi connectivity index (χ2n) is 3.79. The van der Waals surface area contributed by atoms with Crippen molar-refractivity contribution in [3.8, 4) is 0 Å². The van der Waals surface area contributed by atoms with Crippen LogP contribution in [-0.4, -0.2) is 22.8 Å². The largest absolute Gasteiger partial charge is 0.336 e. The first-order valence-electron chi connectivity index (χ1n) is 5.21. The molecular weight excluding hydrogens is 234 g/mol. The molecule has 0 saturated carbocycles. The Kier molecular flexibility index (Phi) is 2.09. The molecule has 1 aliphatic rings. The van der Waals surface area contributed by atoms with Crippen molar-refractivity contribution in [1.29, 1.82) is 0 Å². The zero-order chi connectivity index (χ0) is 12.7. The highest BCUT2D eigenvalue weighted by Crippen LogP contribution is 2.21. The molecule has 0 aliphatic carbocycles. The Morgan fingerprint density at radius 2 is 1.89 bits per heavy atom. The van der Waals surface area contributed by atoms with E-state index in [0.29, 0.717) is 0 Å². The molecule has 0 radical (unpaired) electrons.